The molecule has 3 rings (SSSR count). The van der Waals surface area contributed by atoms with Gasteiger partial charge >= 0.3 is 0 Å². The van der Waals surface area contributed by atoms with Crippen LogP contribution in [-0.2, 0) is 5.67 Å². The fraction of sp³-hybridized carbons (Fsp3) is 0.368. The van der Waals surface area contributed by atoms with E-state index in [4.69, 9.17) is 0 Å². The van der Waals surface area contributed by atoms with Gasteiger partial charge in [-0.15, -0.1) is 0 Å². The zero-order valence-corrected chi connectivity index (χ0v) is 12.7. The van der Waals surface area contributed by atoms with Crippen molar-refractivity contribution in [3.63, 3.8) is 0 Å². The first-order valence-electron chi connectivity index (χ1n) is 7.67. The lowest BCUT2D eigenvalue weighted by Crippen LogP contribution is -2.42. The predicted molar refractivity (Wildman–Crippen MR) is 85.3 cm³/mol. The third-order valence-electron chi connectivity index (χ3n) is 4.48. The van der Waals surface area contributed by atoms with Gasteiger partial charge in [-0.1, -0.05) is 59.7 Å². The van der Waals surface area contributed by atoms with E-state index in [1.165, 1.54) is 0 Å². The fourth-order valence-electron chi connectivity index (χ4n) is 3.19. The SMILES string of the molecule is Cc1ccc(C(F)(c2ccc(C)cc2)[C@H]2CCCN2)cc1. The van der Waals surface area contributed by atoms with Crippen LogP contribution in [-0.4, -0.2) is 12.6 Å². The predicted octanol–water partition coefficient (Wildman–Crippen LogP) is 4.27. The Labute approximate surface area is 126 Å². The first-order chi connectivity index (χ1) is 10.1. The molecule has 2 aromatic carbocycles. The molecule has 0 bridgehead atoms. The van der Waals surface area contributed by atoms with Crippen molar-refractivity contribution in [3.05, 3.63) is 70.8 Å². The Morgan fingerprint density at radius 1 is 0.905 bits per heavy atom. The number of alkyl halides is 1. The topological polar surface area (TPSA) is 12.0 Å². The van der Waals surface area contributed by atoms with Gasteiger partial charge in [0.1, 0.15) is 0 Å². The highest BCUT2D eigenvalue weighted by atomic mass is 19.1. The van der Waals surface area contributed by atoms with Crippen LogP contribution in [0.4, 0.5) is 4.39 Å². The van der Waals surface area contributed by atoms with Crippen LogP contribution in [0.2, 0.25) is 0 Å². The summed E-state index contributed by atoms with van der Waals surface area (Å²) in [6.07, 6.45) is 1.91. The van der Waals surface area contributed by atoms with Gasteiger partial charge in [0.05, 0.1) is 0 Å². The van der Waals surface area contributed by atoms with Crippen molar-refractivity contribution in [1.29, 1.82) is 0 Å². The van der Waals surface area contributed by atoms with E-state index in [9.17, 15) is 0 Å². The largest absolute Gasteiger partial charge is 0.310 e. The lowest BCUT2D eigenvalue weighted by atomic mass is 9.80. The number of halogens is 1. The van der Waals surface area contributed by atoms with Crippen LogP contribution >= 0.6 is 0 Å². The summed E-state index contributed by atoms with van der Waals surface area (Å²) in [4.78, 5) is 0. The highest BCUT2D eigenvalue weighted by molar-refractivity contribution is 5.40. The molecule has 1 aliphatic rings. The minimum absolute atomic E-state index is 0.150. The van der Waals surface area contributed by atoms with Crippen molar-refractivity contribution in [2.45, 2.75) is 38.4 Å². The van der Waals surface area contributed by atoms with Gasteiger partial charge in [0.25, 0.3) is 0 Å². The molecular weight excluding hydrogens is 261 g/mol. The van der Waals surface area contributed by atoms with Gasteiger partial charge in [0, 0.05) is 6.04 Å². The molecule has 0 unspecified atom stereocenters. The Hall–Kier alpha value is -1.67. The Bertz CT molecular complexity index is 549. The van der Waals surface area contributed by atoms with E-state index in [0.717, 1.165) is 41.6 Å². The average Bonchev–Trinajstić information content (AvgIpc) is 3.02. The molecule has 21 heavy (non-hydrogen) atoms. The lowest BCUT2D eigenvalue weighted by Gasteiger charge is -2.33. The van der Waals surface area contributed by atoms with E-state index in [1.54, 1.807) is 0 Å². The molecule has 0 radical (unpaired) electrons. The van der Waals surface area contributed by atoms with E-state index < -0.39 is 5.67 Å². The van der Waals surface area contributed by atoms with Crippen LogP contribution in [0.25, 0.3) is 0 Å². The maximum atomic E-state index is 16.2. The van der Waals surface area contributed by atoms with Crippen molar-refractivity contribution >= 4 is 0 Å². The monoisotopic (exact) mass is 283 g/mol. The minimum atomic E-state index is -1.46. The van der Waals surface area contributed by atoms with Crippen LogP contribution < -0.4 is 5.32 Å². The van der Waals surface area contributed by atoms with Crippen molar-refractivity contribution in [2.24, 2.45) is 0 Å². The Kier molecular flexibility index (Phi) is 3.81. The normalized spacial score (nSPS) is 18.9. The molecule has 1 fully saturated rings. The fourth-order valence-corrected chi connectivity index (χ4v) is 3.19. The summed E-state index contributed by atoms with van der Waals surface area (Å²) in [5.74, 6) is 0. The number of hydrogen-bond acceptors (Lipinski definition) is 1. The second-order valence-electron chi connectivity index (χ2n) is 6.09. The van der Waals surface area contributed by atoms with Crippen LogP contribution in [0, 0.1) is 13.8 Å². The van der Waals surface area contributed by atoms with Crippen LogP contribution in [0.5, 0.6) is 0 Å². The average molecular weight is 283 g/mol. The molecule has 0 aliphatic carbocycles. The summed E-state index contributed by atoms with van der Waals surface area (Å²) in [6.45, 7) is 4.96. The first-order valence-corrected chi connectivity index (χ1v) is 7.67. The maximum absolute atomic E-state index is 16.2. The van der Waals surface area contributed by atoms with Crippen molar-refractivity contribution in [3.8, 4) is 0 Å². The number of rotatable bonds is 3. The molecule has 1 saturated heterocycles. The van der Waals surface area contributed by atoms with Gasteiger partial charge in [0.2, 0.25) is 0 Å². The number of nitrogens with one attached hydrogen (secondary N) is 1. The van der Waals surface area contributed by atoms with E-state index >= 15 is 4.39 Å². The lowest BCUT2D eigenvalue weighted by molar-refractivity contribution is 0.163. The first kappa shape index (κ1) is 14.3. The van der Waals surface area contributed by atoms with Crippen LogP contribution in [0.1, 0.15) is 35.1 Å². The second kappa shape index (κ2) is 5.61. The van der Waals surface area contributed by atoms with Gasteiger partial charge in [0.15, 0.2) is 5.67 Å². The summed E-state index contributed by atoms with van der Waals surface area (Å²) in [6, 6.07) is 15.5. The molecule has 0 amide bonds. The third kappa shape index (κ3) is 2.60. The van der Waals surface area contributed by atoms with Crippen LogP contribution in [0.15, 0.2) is 48.5 Å². The zero-order chi connectivity index (χ0) is 14.9. The van der Waals surface area contributed by atoms with Crippen molar-refractivity contribution in [2.75, 3.05) is 6.54 Å². The summed E-state index contributed by atoms with van der Waals surface area (Å²) in [7, 11) is 0. The zero-order valence-electron chi connectivity index (χ0n) is 12.7. The number of benzene rings is 2. The van der Waals surface area contributed by atoms with Crippen molar-refractivity contribution < 1.29 is 4.39 Å². The molecule has 1 aliphatic heterocycles. The summed E-state index contributed by atoms with van der Waals surface area (Å²) in [5, 5.41) is 3.35. The maximum Gasteiger partial charge on any atom is 0.176 e. The van der Waals surface area contributed by atoms with E-state index in [2.05, 4.69) is 5.32 Å². The quantitative estimate of drug-likeness (QED) is 0.887. The Balaban J connectivity index is 2.09. The van der Waals surface area contributed by atoms with E-state index in [1.807, 2.05) is 62.4 Å². The highest BCUT2D eigenvalue weighted by Gasteiger charge is 2.43. The molecule has 0 aromatic heterocycles. The molecule has 0 spiro atoms. The number of hydrogen-bond donors (Lipinski definition) is 1. The summed E-state index contributed by atoms with van der Waals surface area (Å²) in [5.41, 5.74) is 2.35. The summed E-state index contributed by atoms with van der Waals surface area (Å²) < 4.78 is 16.2. The second-order valence-corrected chi connectivity index (χ2v) is 6.09. The van der Waals surface area contributed by atoms with E-state index in [0.29, 0.717) is 0 Å². The van der Waals surface area contributed by atoms with Gasteiger partial charge < -0.3 is 5.32 Å². The molecule has 110 valence electrons. The third-order valence-corrected chi connectivity index (χ3v) is 4.48. The molecule has 1 nitrogen and oxygen atoms in total. The van der Waals surface area contributed by atoms with Gasteiger partial charge in [-0.3, -0.25) is 0 Å². The molecule has 1 atom stereocenters. The Morgan fingerprint density at radius 3 is 1.76 bits per heavy atom. The molecule has 0 saturated carbocycles. The molecule has 2 aromatic rings. The molecular formula is C19H22FN. The highest BCUT2D eigenvalue weighted by Crippen LogP contribution is 2.40. The molecule has 1 N–H and O–H groups in total. The molecule has 2 heteroatoms. The van der Waals surface area contributed by atoms with Gasteiger partial charge in [-0.25, -0.2) is 4.39 Å². The van der Waals surface area contributed by atoms with Gasteiger partial charge in [-0.05, 0) is 44.4 Å². The minimum Gasteiger partial charge on any atom is -0.310 e. The summed E-state index contributed by atoms with van der Waals surface area (Å²) >= 11 is 0. The standard InChI is InChI=1S/C19H22FN/c1-14-5-9-16(10-6-14)19(20,18-4-3-13-21-18)17-11-7-15(2)8-12-17/h5-12,18,21H,3-4,13H2,1-2H3/t18-/m1/s1. The van der Waals surface area contributed by atoms with Crippen molar-refractivity contribution in [1.82, 2.24) is 5.32 Å². The molecule has 1 heterocycles. The van der Waals surface area contributed by atoms with Gasteiger partial charge in [-0.2, -0.15) is 0 Å². The smallest absolute Gasteiger partial charge is 0.176 e. The van der Waals surface area contributed by atoms with E-state index in [-0.39, 0.29) is 6.04 Å². The Morgan fingerprint density at radius 2 is 1.38 bits per heavy atom. The van der Waals surface area contributed by atoms with Crippen LogP contribution in [0.3, 0.4) is 0 Å². The number of aryl methyl sites for hydroxylation is 2.